The smallest absolute Gasteiger partial charge is 0.220 e. The number of amides is 1. The summed E-state index contributed by atoms with van der Waals surface area (Å²) in [6.45, 7) is 0.544. The zero-order valence-electron chi connectivity index (χ0n) is 13.8. The highest BCUT2D eigenvalue weighted by molar-refractivity contribution is 7.91. The lowest BCUT2D eigenvalue weighted by Gasteiger charge is -2.28. The summed E-state index contributed by atoms with van der Waals surface area (Å²) in [5.74, 6) is 1.67. The highest BCUT2D eigenvalue weighted by Crippen LogP contribution is 2.35. The molecule has 0 saturated carbocycles. The van der Waals surface area contributed by atoms with E-state index in [9.17, 15) is 13.2 Å². The Morgan fingerprint density at radius 3 is 2.96 bits per heavy atom. The fraction of sp³-hybridized carbons (Fsp3) is 0.588. The Labute approximate surface area is 142 Å². The van der Waals surface area contributed by atoms with E-state index in [0.717, 1.165) is 23.5 Å². The van der Waals surface area contributed by atoms with E-state index in [2.05, 4.69) is 5.32 Å². The fourth-order valence-electron chi connectivity index (χ4n) is 3.44. The zero-order valence-corrected chi connectivity index (χ0v) is 14.6. The van der Waals surface area contributed by atoms with Crippen LogP contribution in [-0.2, 0) is 14.6 Å². The number of carbonyl (C=O) groups excluding carboxylic acids is 1. The molecule has 0 aliphatic carbocycles. The van der Waals surface area contributed by atoms with Crippen molar-refractivity contribution in [1.29, 1.82) is 0 Å². The summed E-state index contributed by atoms with van der Waals surface area (Å²) in [6.07, 6.45) is 2.40. The molecular weight excluding hydrogens is 330 g/mol. The Hall–Kier alpha value is -1.76. The van der Waals surface area contributed by atoms with Crippen LogP contribution in [0.4, 0.5) is 0 Å². The van der Waals surface area contributed by atoms with Crippen molar-refractivity contribution < 1.29 is 22.7 Å². The van der Waals surface area contributed by atoms with Gasteiger partial charge in [-0.25, -0.2) is 8.42 Å². The Morgan fingerprint density at radius 2 is 2.21 bits per heavy atom. The number of hydrogen-bond donors (Lipinski definition) is 1. The molecule has 2 aliphatic heterocycles. The number of fused-ring (bicyclic) bond motifs is 1. The van der Waals surface area contributed by atoms with Gasteiger partial charge in [0, 0.05) is 18.4 Å². The van der Waals surface area contributed by atoms with Crippen LogP contribution in [0.15, 0.2) is 18.2 Å². The average molecular weight is 353 g/mol. The molecule has 7 heteroatoms. The maximum absolute atomic E-state index is 12.4. The molecule has 1 fully saturated rings. The summed E-state index contributed by atoms with van der Waals surface area (Å²) >= 11 is 0. The largest absolute Gasteiger partial charge is 0.497 e. The van der Waals surface area contributed by atoms with Crippen LogP contribution in [0.1, 0.15) is 37.3 Å². The number of hydrogen-bond acceptors (Lipinski definition) is 5. The number of ether oxygens (including phenoxy) is 2. The maximum Gasteiger partial charge on any atom is 0.220 e. The first-order valence-electron chi connectivity index (χ1n) is 8.27. The zero-order chi connectivity index (χ0) is 17.2. The van der Waals surface area contributed by atoms with Crippen LogP contribution in [0, 0.1) is 5.92 Å². The van der Waals surface area contributed by atoms with Crippen molar-refractivity contribution in [2.45, 2.75) is 31.7 Å². The lowest BCUT2D eigenvalue weighted by molar-refractivity contribution is -0.122. The maximum atomic E-state index is 12.4. The van der Waals surface area contributed by atoms with Gasteiger partial charge in [0.15, 0.2) is 9.84 Å². The Kier molecular flexibility index (Phi) is 4.99. The molecule has 1 aromatic rings. The van der Waals surface area contributed by atoms with Gasteiger partial charge < -0.3 is 14.8 Å². The summed E-state index contributed by atoms with van der Waals surface area (Å²) in [5, 5.41) is 3.03. The molecule has 24 heavy (non-hydrogen) atoms. The minimum Gasteiger partial charge on any atom is -0.497 e. The van der Waals surface area contributed by atoms with Crippen LogP contribution in [-0.4, -0.2) is 39.5 Å². The van der Waals surface area contributed by atoms with E-state index >= 15 is 0 Å². The van der Waals surface area contributed by atoms with E-state index < -0.39 is 9.84 Å². The predicted molar refractivity (Wildman–Crippen MR) is 90.0 cm³/mol. The third-order valence-electron chi connectivity index (χ3n) is 4.62. The second-order valence-corrected chi connectivity index (χ2v) is 8.72. The van der Waals surface area contributed by atoms with E-state index in [1.54, 1.807) is 7.11 Å². The Balaban J connectivity index is 1.65. The van der Waals surface area contributed by atoms with Crippen molar-refractivity contribution in [2.24, 2.45) is 5.92 Å². The van der Waals surface area contributed by atoms with Crippen LogP contribution in [0.2, 0.25) is 0 Å². The van der Waals surface area contributed by atoms with Gasteiger partial charge in [0.1, 0.15) is 11.5 Å². The molecule has 1 N–H and O–H groups in total. The first-order chi connectivity index (χ1) is 11.5. The van der Waals surface area contributed by atoms with E-state index in [1.165, 1.54) is 0 Å². The van der Waals surface area contributed by atoms with E-state index in [1.807, 2.05) is 18.2 Å². The lowest BCUT2D eigenvalue weighted by Crippen LogP contribution is -2.35. The molecule has 2 aliphatic rings. The summed E-state index contributed by atoms with van der Waals surface area (Å²) in [4.78, 5) is 12.4. The Morgan fingerprint density at radius 1 is 1.38 bits per heavy atom. The number of methoxy groups -OCH3 is 1. The van der Waals surface area contributed by atoms with Crippen molar-refractivity contribution >= 4 is 15.7 Å². The van der Waals surface area contributed by atoms with E-state index in [4.69, 9.17) is 9.47 Å². The van der Waals surface area contributed by atoms with Gasteiger partial charge in [0.25, 0.3) is 0 Å². The molecule has 1 saturated heterocycles. The number of carbonyl (C=O) groups is 1. The molecule has 2 heterocycles. The van der Waals surface area contributed by atoms with Gasteiger partial charge >= 0.3 is 0 Å². The molecule has 1 unspecified atom stereocenters. The summed E-state index contributed by atoms with van der Waals surface area (Å²) in [7, 11) is -1.39. The van der Waals surface area contributed by atoms with Crippen LogP contribution < -0.4 is 14.8 Å². The average Bonchev–Trinajstić information content (AvgIpc) is 2.53. The third-order valence-corrected chi connectivity index (χ3v) is 6.51. The number of benzene rings is 1. The van der Waals surface area contributed by atoms with Crippen molar-refractivity contribution in [3.8, 4) is 11.5 Å². The van der Waals surface area contributed by atoms with E-state index in [0.29, 0.717) is 19.4 Å². The monoisotopic (exact) mass is 353 g/mol. The summed E-state index contributed by atoms with van der Waals surface area (Å²) in [6, 6.07) is 5.43. The molecule has 0 aromatic heterocycles. The number of sulfone groups is 1. The highest BCUT2D eigenvalue weighted by atomic mass is 32.2. The standard InChI is InChI=1S/C17H23NO5S/c1-22-13-4-5-16-14(10-13)15(6-7-23-16)18-17(19)9-12-3-2-8-24(20,21)11-12/h4-5,10,12,15H,2-3,6-9,11H2,1H3,(H,18,19)/t12?,15-/m0/s1. The summed E-state index contributed by atoms with van der Waals surface area (Å²) in [5.41, 5.74) is 0.908. The molecule has 1 amide bonds. The van der Waals surface area contributed by atoms with Crippen molar-refractivity contribution in [1.82, 2.24) is 5.32 Å². The fourth-order valence-corrected chi connectivity index (χ4v) is 5.22. The first-order valence-corrected chi connectivity index (χ1v) is 10.1. The predicted octanol–water partition coefficient (Wildman–Crippen LogP) is 1.85. The van der Waals surface area contributed by atoms with Gasteiger partial charge in [0.05, 0.1) is 31.3 Å². The second-order valence-electron chi connectivity index (χ2n) is 6.49. The molecule has 0 bridgehead atoms. The van der Waals surface area contributed by atoms with E-state index in [-0.39, 0.29) is 35.8 Å². The Bertz CT molecular complexity index is 716. The van der Waals surface area contributed by atoms with Crippen LogP contribution in [0.5, 0.6) is 11.5 Å². The lowest BCUT2D eigenvalue weighted by atomic mass is 9.98. The van der Waals surface area contributed by atoms with Gasteiger partial charge in [-0.1, -0.05) is 0 Å². The topological polar surface area (TPSA) is 81.7 Å². The number of nitrogens with one attached hydrogen (secondary N) is 1. The normalized spacial score (nSPS) is 25.2. The first kappa shape index (κ1) is 17.1. The van der Waals surface area contributed by atoms with Gasteiger partial charge in [-0.2, -0.15) is 0 Å². The van der Waals surface area contributed by atoms with Crippen molar-refractivity contribution in [3.05, 3.63) is 23.8 Å². The van der Waals surface area contributed by atoms with Gasteiger partial charge in [-0.3, -0.25) is 4.79 Å². The quantitative estimate of drug-likeness (QED) is 0.893. The molecule has 1 aromatic carbocycles. The van der Waals surface area contributed by atoms with Crippen LogP contribution >= 0.6 is 0 Å². The molecule has 0 spiro atoms. The highest BCUT2D eigenvalue weighted by Gasteiger charge is 2.28. The molecule has 0 radical (unpaired) electrons. The molecule has 132 valence electrons. The van der Waals surface area contributed by atoms with Crippen molar-refractivity contribution in [3.63, 3.8) is 0 Å². The minimum absolute atomic E-state index is 0.0756. The van der Waals surface area contributed by atoms with Gasteiger partial charge in [-0.15, -0.1) is 0 Å². The second kappa shape index (κ2) is 7.01. The molecule has 3 rings (SSSR count). The molecule has 2 atom stereocenters. The molecular formula is C17H23NO5S. The van der Waals surface area contributed by atoms with Gasteiger partial charge in [0.2, 0.25) is 5.91 Å². The van der Waals surface area contributed by atoms with Crippen LogP contribution in [0.25, 0.3) is 0 Å². The minimum atomic E-state index is -2.98. The van der Waals surface area contributed by atoms with Gasteiger partial charge in [-0.05, 0) is 37.0 Å². The summed E-state index contributed by atoms with van der Waals surface area (Å²) < 4.78 is 34.3. The number of rotatable bonds is 4. The third kappa shape index (κ3) is 4.01. The molecule has 6 nitrogen and oxygen atoms in total. The van der Waals surface area contributed by atoms with Crippen molar-refractivity contribution in [2.75, 3.05) is 25.2 Å². The van der Waals surface area contributed by atoms with Crippen LogP contribution in [0.3, 0.4) is 0 Å². The SMILES string of the molecule is COc1ccc2c(c1)[C@@H](NC(=O)CC1CCCS(=O)(=O)C1)CCO2.